The maximum absolute atomic E-state index is 12.2. The van der Waals surface area contributed by atoms with Gasteiger partial charge in [0.2, 0.25) is 0 Å². The summed E-state index contributed by atoms with van der Waals surface area (Å²) < 4.78 is 0. The van der Waals surface area contributed by atoms with Gasteiger partial charge in [-0.1, -0.05) is 18.2 Å². The Hall–Kier alpha value is -3.26. The first-order chi connectivity index (χ1) is 12.7. The predicted octanol–water partition coefficient (Wildman–Crippen LogP) is 4.24. The van der Waals surface area contributed by atoms with E-state index in [4.69, 9.17) is 5.26 Å². The molecule has 2 aromatic carbocycles. The Bertz CT molecular complexity index is 1010. The fraction of sp³-hybridized carbons (Fsp3) is 0.238. The topological polar surface area (TPSA) is 80.7 Å². The second-order valence-electron chi connectivity index (χ2n) is 6.63. The smallest absolute Gasteiger partial charge is 0.319 e. The number of hydrogen-bond acceptors (Lipinski definition) is 2. The number of urea groups is 1. The third-order valence-corrected chi connectivity index (χ3v) is 4.91. The first kappa shape index (κ1) is 16.2. The summed E-state index contributed by atoms with van der Waals surface area (Å²) in [7, 11) is 0. The molecule has 0 aliphatic heterocycles. The van der Waals surface area contributed by atoms with E-state index in [1.165, 1.54) is 35.0 Å². The second kappa shape index (κ2) is 6.93. The molecule has 1 aliphatic carbocycles. The van der Waals surface area contributed by atoms with Crippen LogP contribution in [0.3, 0.4) is 0 Å². The van der Waals surface area contributed by atoms with Crippen molar-refractivity contribution < 1.29 is 4.79 Å². The van der Waals surface area contributed by atoms with Crippen LogP contribution in [0.1, 0.15) is 35.2 Å². The number of para-hydroxylation sites is 1. The lowest BCUT2D eigenvalue weighted by molar-refractivity contribution is 0.251. The number of anilines is 1. The van der Waals surface area contributed by atoms with Gasteiger partial charge >= 0.3 is 6.03 Å². The van der Waals surface area contributed by atoms with Gasteiger partial charge in [0, 0.05) is 23.1 Å². The molecular weight excluding hydrogens is 324 g/mol. The lowest BCUT2D eigenvalue weighted by Gasteiger charge is -2.11. The molecule has 4 rings (SSSR count). The monoisotopic (exact) mass is 344 g/mol. The van der Waals surface area contributed by atoms with E-state index in [9.17, 15) is 4.79 Å². The Kier molecular flexibility index (Phi) is 4.32. The molecule has 0 atom stereocenters. The summed E-state index contributed by atoms with van der Waals surface area (Å²) in [5, 5.41) is 16.0. The van der Waals surface area contributed by atoms with E-state index in [-0.39, 0.29) is 6.03 Å². The van der Waals surface area contributed by atoms with Crippen LogP contribution in [0.25, 0.3) is 10.9 Å². The van der Waals surface area contributed by atoms with Crippen LogP contribution < -0.4 is 10.6 Å². The van der Waals surface area contributed by atoms with Crippen molar-refractivity contribution in [2.45, 2.75) is 32.2 Å². The van der Waals surface area contributed by atoms with Gasteiger partial charge in [-0.15, -0.1) is 0 Å². The molecule has 1 aromatic heterocycles. The van der Waals surface area contributed by atoms with Crippen molar-refractivity contribution in [3.63, 3.8) is 0 Å². The van der Waals surface area contributed by atoms with Crippen molar-refractivity contribution in [1.29, 1.82) is 5.26 Å². The van der Waals surface area contributed by atoms with Crippen LogP contribution in [0, 0.1) is 11.3 Å². The highest BCUT2D eigenvalue weighted by molar-refractivity contribution is 5.91. The highest BCUT2D eigenvalue weighted by atomic mass is 16.2. The molecule has 0 fully saturated rings. The molecule has 0 saturated heterocycles. The lowest BCUT2D eigenvalue weighted by atomic mass is 9.95. The number of H-pyrrole nitrogens is 1. The summed E-state index contributed by atoms with van der Waals surface area (Å²) >= 11 is 0. The van der Waals surface area contributed by atoms with Gasteiger partial charge in [-0.2, -0.15) is 5.26 Å². The lowest BCUT2D eigenvalue weighted by Crippen LogP contribution is -2.28. The SMILES string of the molecule is N#Cc1ccccc1NC(=O)NCc1ccc2[nH]c3c(c2c1)CCCC3. The van der Waals surface area contributed by atoms with Crippen molar-refractivity contribution in [2.24, 2.45) is 0 Å². The van der Waals surface area contributed by atoms with Gasteiger partial charge in [-0.05, 0) is 61.1 Å². The number of nitriles is 1. The number of rotatable bonds is 3. The van der Waals surface area contributed by atoms with Gasteiger partial charge in [0.15, 0.2) is 0 Å². The van der Waals surface area contributed by atoms with Crippen molar-refractivity contribution in [3.05, 3.63) is 64.8 Å². The molecule has 0 unspecified atom stereocenters. The number of fused-ring (bicyclic) bond motifs is 3. The van der Waals surface area contributed by atoms with Gasteiger partial charge < -0.3 is 15.6 Å². The first-order valence-electron chi connectivity index (χ1n) is 8.91. The Morgan fingerprint density at radius 1 is 1.15 bits per heavy atom. The van der Waals surface area contributed by atoms with Crippen molar-refractivity contribution in [3.8, 4) is 6.07 Å². The Morgan fingerprint density at radius 2 is 2.00 bits per heavy atom. The molecule has 3 N–H and O–H groups in total. The quantitative estimate of drug-likeness (QED) is 0.664. The summed E-state index contributed by atoms with van der Waals surface area (Å²) in [5.74, 6) is 0. The molecule has 5 nitrogen and oxygen atoms in total. The minimum Gasteiger partial charge on any atom is -0.358 e. The summed E-state index contributed by atoms with van der Waals surface area (Å²) in [5.41, 5.74) is 6.00. The van der Waals surface area contributed by atoms with Gasteiger partial charge in [0.05, 0.1) is 11.3 Å². The van der Waals surface area contributed by atoms with Crippen LogP contribution in [0.15, 0.2) is 42.5 Å². The molecular formula is C21H20N4O. The van der Waals surface area contributed by atoms with E-state index in [0.29, 0.717) is 17.8 Å². The average molecular weight is 344 g/mol. The number of nitrogens with one attached hydrogen (secondary N) is 3. The Labute approximate surface area is 152 Å². The maximum atomic E-state index is 12.2. The van der Waals surface area contributed by atoms with E-state index in [2.05, 4.69) is 33.8 Å². The molecule has 5 heteroatoms. The second-order valence-corrected chi connectivity index (χ2v) is 6.63. The van der Waals surface area contributed by atoms with E-state index in [1.54, 1.807) is 24.3 Å². The summed E-state index contributed by atoms with van der Waals surface area (Å²) in [4.78, 5) is 15.7. The number of aryl methyl sites for hydroxylation is 2. The van der Waals surface area contributed by atoms with Crippen LogP contribution in [0.2, 0.25) is 0 Å². The maximum Gasteiger partial charge on any atom is 0.319 e. The van der Waals surface area contributed by atoms with Crippen LogP contribution >= 0.6 is 0 Å². The third-order valence-electron chi connectivity index (χ3n) is 4.91. The number of carbonyl (C=O) groups excluding carboxylic acids is 1. The van der Waals surface area contributed by atoms with E-state index in [1.807, 2.05) is 6.07 Å². The van der Waals surface area contributed by atoms with Crippen LogP contribution in [-0.4, -0.2) is 11.0 Å². The zero-order chi connectivity index (χ0) is 17.9. The number of hydrogen-bond donors (Lipinski definition) is 3. The van der Waals surface area contributed by atoms with Crippen LogP contribution in [0.4, 0.5) is 10.5 Å². The molecule has 0 spiro atoms. The molecule has 1 aliphatic rings. The molecule has 1 heterocycles. The van der Waals surface area contributed by atoms with Crippen molar-refractivity contribution in [1.82, 2.24) is 10.3 Å². The Morgan fingerprint density at radius 3 is 2.88 bits per heavy atom. The standard InChI is InChI=1S/C21H20N4O/c22-12-15-5-1-3-7-18(15)25-21(26)23-13-14-9-10-20-17(11-14)16-6-2-4-8-19(16)24-20/h1,3,5,7,9-11,24H,2,4,6,8,13H2,(H2,23,25,26). The number of amides is 2. The number of carbonyl (C=O) groups is 1. The molecule has 0 radical (unpaired) electrons. The number of aromatic amines is 1. The molecule has 0 bridgehead atoms. The highest BCUT2D eigenvalue weighted by Gasteiger charge is 2.15. The van der Waals surface area contributed by atoms with Gasteiger partial charge in [0.25, 0.3) is 0 Å². The Balaban J connectivity index is 1.46. The molecule has 0 saturated carbocycles. The average Bonchev–Trinajstić information content (AvgIpc) is 3.05. The zero-order valence-corrected chi connectivity index (χ0v) is 14.4. The van der Waals surface area contributed by atoms with Gasteiger partial charge in [0.1, 0.15) is 6.07 Å². The van der Waals surface area contributed by atoms with E-state index >= 15 is 0 Å². The number of benzene rings is 2. The summed E-state index contributed by atoms with van der Waals surface area (Å²) in [6.07, 6.45) is 4.73. The van der Waals surface area contributed by atoms with Crippen molar-refractivity contribution in [2.75, 3.05) is 5.32 Å². The number of aromatic nitrogens is 1. The fourth-order valence-corrected chi connectivity index (χ4v) is 3.60. The largest absolute Gasteiger partial charge is 0.358 e. The fourth-order valence-electron chi connectivity index (χ4n) is 3.60. The highest BCUT2D eigenvalue weighted by Crippen LogP contribution is 2.29. The predicted molar refractivity (Wildman–Crippen MR) is 102 cm³/mol. The molecule has 2 amide bonds. The molecule has 3 aromatic rings. The minimum absolute atomic E-state index is 0.316. The van der Waals surface area contributed by atoms with Crippen LogP contribution in [0.5, 0.6) is 0 Å². The summed E-state index contributed by atoms with van der Waals surface area (Å²) in [6.45, 7) is 0.441. The molecule has 26 heavy (non-hydrogen) atoms. The number of nitrogens with zero attached hydrogens (tertiary/aromatic N) is 1. The van der Waals surface area contributed by atoms with Crippen LogP contribution in [-0.2, 0) is 19.4 Å². The summed E-state index contributed by atoms with van der Waals surface area (Å²) in [6, 6.07) is 15.0. The minimum atomic E-state index is -0.316. The third kappa shape index (κ3) is 3.14. The van der Waals surface area contributed by atoms with E-state index in [0.717, 1.165) is 18.4 Å². The van der Waals surface area contributed by atoms with E-state index < -0.39 is 0 Å². The van der Waals surface area contributed by atoms with Gasteiger partial charge in [-0.25, -0.2) is 4.79 Å². The normalized spacial score (nSPS) is 13.0. The van der Waals surface area contributed by atoms with Gasteiger partial charge in [-0.3, -0.25) is 0 Å². The zero-order valence-electron chi connectivity index (χ0n) is 14.4. The first-order valence-corrected chi connectivity index (χ1v) is 8.91. The molecule has 130 valence electrons. The van der Waals surface area contributed by atoms with Crippen molar-refractivity contribution >= 4 is 22.6 Å².